The van der Waals surface area contributed by atoms with Crippen molar-refractivity contribution in [3.63, 3.8) is 0 Å². The van der Waals surface area contributed by atoms with Crippen molar-refractivity contribution in [3.8, 4) is 11.5 Å². The number of aliphatic carboxylic acids is 1. The van der Waals surface area contributed by atoms with Crippen LogP contribution in [-0.2, 0) is 21.0 Å². The van der Waals surface area contributed by atoms with Crippen molar-refractivity contribution in [3.05, 3.63) is 91.8 Å². The lowest BCUT2D eigenvalue weighted by molar-refractivity contribution is -0.138. The quantitative estimate of drug-likeness (QED) is 0.249. The summed E-state index contributed by atoms with van der Waals surface area (Å²) in [6.07, 6.45) is 1.74. The lowest BCUT2D eigenvalue weighted by atomic mass is 9.63. The predicted octanol–water partition coefficient (Wildman–Crippen LogP) is 7.80. The van der Waals surface area contributed by atoms with Crippen molar-refractivity contribution in [2.24, 2.45) is 10.8 Å². The number of nitrogens with zero attached hydrogens (tertiary/aromatic N) is 1. The molecule has 0 saturated carbocycles. The number of rotatable bonds is 7. The first-order valence-electron chi connectivity index (χ1n) is 15.3. The summed E-state index contributed by atoms with van der Waals surface area (Å²) in [5.74, 6) is -0.591. The first kappa shape index (κ1) is 31.3. The molecule has 7 nitrogen and oxygen atoms in total. The van der Waals surface area contributed by atoms with Gasteiger partial charge in [-0.05, 0) is 80.3 Å². The second-order valence-electron chi connectivity index (χ2n) is 14.0. The van der Waals surface area contributed by atoms with Crippen molar-refractivity contribution in [1.29, 1.82) is 0 Å². The van der Waals surface area contributed by atoms with Crippen LogP contribution in [0.2, 0.25) is 0 Å². The summed E-state index contributed by atoms with van der Waals surface area (Å²) >= 11 is 2.23. The Labute approximate surface area is 277 Å². The molecule has 8 heteroatoms. The van der Waals surface area contributed by atoms with Gasteiger partial charge in [-0.1, -0.05) is 70.2 Å². The number of allylic oxidation sites excluding steroid dienone is 4. The molecular formula is C37H38INO6. The van der Waals surface area contributed by atoms with Crippen LogP contribution in [0.5, 0.6) is 11.5 Å². The Morgan fingerprint density at radius 3 is 2.11 bits per heavy atom. The van der Waals surface area contributed by atoms with Crippen LogP contribution in [0.15, 0.2) is 77.1 Å². The third-order valence-electron chi connectivity index (χ3n) is 9.15. The average molecular weight is 720 g/mol. The van der Waals surface area contributed by atoms with E-state index in [1.165, 1.54) is 0 Å². The molecule has 45 heavy (non-hydrogen) atoms. The van der Waals surface area contributed by atoms with Gasteiger partial charge in [0, 0.05) is 41.3 Å². The Balaban J connectivity index is 1.48. The summed E-state index contributed by atoms with van der Waals surface area (Å²) in [5, 5.41) is 12.2. The molecule has 3 aromatic rings. The molecule has 0 radical (unpaired) electrons. The highest BCUT2D eigenvalue weighted by Crippen LogP contribution is 2.55. The van der Waals surface area contributed by atoms with Gasteiger partial charge in [0.1, 0.15) is 13.2 Å². The molecule has 6 rings (SSSR count). The average Bonchev–Trinajstić information content (AvgIpc) is 2.95. The van der Waals surface area contributed by atoms with E-state index >= 15 is 0 Å². The number of halogens is 1. The summed E-state index contributed by atoms with van der Waals surface area (Å²) in [6.45, 7) is 8.20. The van der Waals surface area contributed by atoms with Crippen molar-refractivity contribution in [2.45, 2.75) is 65.9 Å². The molecule has 3 aromatic carbocycles. The molecule has 1 aliphatic heterocycles. The van der Waals surface area contributed by atoms with Gasteiger partial charge in [-0.3, -0.25) is 14.4 Å². The number of ether oxygens (including phenoxy) is 2. The van der Waals surface area contributed by atoms with Crippen molar-refractivity contribution in [1.82, 2.24) is 4.90 Å². The van der Waals surface area contributed by atoms with Crippen molar-refractivity contribution >= 4 is 50.9 Å². The van der Waals surface area contributed by atoms with E-state index in [1.54, 1.807) is 12.0 Å². The molecule has 3 aliphatic rings. The number of benzene rings is 3. The number of hydrogen-bond acceptors (Lipinski definition) is 6. The third-order valence-corrected chi connectivity index (χ3v) is 9.95. The highest BCUT2D eigenvalue weighted by atomic mass is 127. The van der Waals surface area contributed by atoms with Gasteiger partial charge in [0.2, 0.25) is 0 Å². The molecule has 0 spiro atoms. The number of methoxy groups -OCH3 is 1. The number of hydrogen-bond donors (Lipinski definition) is 1. The number of ketones is 2. The maximum absolute atomic E-state index is 14.0. The molecule has 0 fully saturated rings. The Bertz CT molecular complexity index is 1760. The Kier molecular flexibility index (Phi) is 8.08. The van der Waals surface area contributed by atoms with E-state index in [0.29, 0.717) is 54.9 Å². The number of carboxylic acid groups (broad SMARTS) is 1. The fourth-order valence-electron chi connectivity index (χ4n) is 7.32. The minimum absolute atomic E-state index is 0.0453. The fraction of sp³-hybridized carbons (Fsp3) is 0.378. The molecule has 0 unspecified atom stereocenters. The van der Waals surface area contributed by atoms with Crippen molar-refractivity contribution in [2.75, 3.05) is 13.7 Å². The standard InChI is InChI=1S/C37H38INO6/c1-36(2)15-26-33(28(40)17-36)32(34-27(39(26)19-31(42)43)16-37(3,4)18-29(34)41)23-13-25(38)35(30(14-23)44-5)45-20-22-11-8-10-21-9-6-7-12-24(21)22/h6-14,32H,15-20H2,1-5H3,(H,42,43). The molecule has 0 amide bonds. The summed E-state index contributed by atoms with van der Waals surface area (Å²) in [4.78, 5) is 42.0. The highest BCUT2D eigenvalue weighted by molar-refractivity contribution is 14.1. The zero-order valence-corrected chi connectivity index (χ0v) is 28.5. The van der Waals surface area contributed by atoms with Gasteiger partial charge in [0.15, 0.2) is 23.1 Å². The largest absolute Gasteiger partial charge is 0.493 e. The van der Waals surface area contributed by atoms with Crippen LogP contribution in [0.3, 0.4) is 0 Å². The van der Waals surface area contributed by atoms with Crippen LogP contribution in [0.4, 0.5) is 0 Å². The number of carbonyl (C=O) groups is 3. The van der Waals surface area contributed by atoms with Crippen LogP contribution in [0.1, 0.15) is 70.4 Å². The van der Waals surface area contributed by atoms with Crippen molar-refractivity contribution < 1.29 is 29.0 Å². The zero-order chi connectivity index (χ0) is 32.3. The minimum Gasteiger partial charge on any atom is -0.493 e. The first-order chi connectivity index (χ1) is 21.3. The van der Waals surface area contributed by atoms with Gasteiger partial charge in [-0.2, -0.15) is 0 Å². The number of fused-ring (bicyclic) bond motifs is 1. The summed E-state index contributed by atoms with van der Waals surface area (Å²) in [5.41, 5.74) is 3.65. The van der Waals surface area contributed by atoms with Gasteiger partial charge in [0.05, 0.1) is 10.7 Å². The molecule has 1 N–H and O–H groups in total. The van der Waals surface area contributed by atoms with E-state index in [9.17, 15) is 19.5 Å². The van der Waals surface area contributed by atoms with Gasteiger partial charge in [0.25, 0.3) is 0 Å². The van der Waals surface area contributed by atoms with E-state index in [-0.39, 0.29) is 28.9 Å². The van der Waals surface area contributed by atoms with Crippen LogP contribution in [0, 0.1) is 14.4 Å². The Morgan fingerprint density at radius 1 is 0.911 bits per heavy atom. The third kappa shape index (κ3) is 5.89. The molecule has 0 atom stereocenters. The number of Topliss-reactive ketones (excluding diaryl/α,β-unsaturated/α-hetero) is 2. The summed E-state index contributed by atoms with van der Waals surface area (Å²) < 4.78 is 13.1. The zero-order valence-electron chi connectivity index (χ0n) is 26.3. The topological polar surface area (TPSA) is 93.1 Å². The molecule has 0 aromatic heterocycles. The lowest BCUT2D eigenvalue weighted by Crippen LogP contribution is -2.45. The molecule has 1 heterocycles. The predicted molar refractivity (Wildman–Crippen MR) is 181 cm³/mol. The lowest BCUT2D eigenvalue weighted by Gasteiger charge is -2.48. The maximum atomic E-state index is 14.0. The van der Waals surface area contributed by atoms with Gasteiger partial charge in [-0.25, -0.2) is 0 Å². The van der Waals surface area contributed by atoms with E-state index in [4.69, 9.17) is 9.47 Å². The first-order valence-corrected chi connectivity index (χ1v) is 16.3. The van der Waals surface area contributed by atoms with Crippen LogP contribution >= 0.6 is 22.6 Å². The molecule has 2 aliphatic carbocycles. The van der Waals surface area contributed by atoms with E-state index in [1.807, 2.05) is 58.0 Å². The Hall–Kier alpha value is -3.66. The normalized spacial score (nSPS) is 19.5. The summed E-state index contributed by atoms with van der Waals surface area (Å²) in [7, 11) is 1.59. The monoisotopic (exact) mass is 719 g/mol. The molecule has 0 saturated heterocycles. The second-order valence-corrected chi connectivity index (χ2v) is 15.1. The van der Waals surface area contributed by atoms with E-state index in [2.05, 4.69) is 46.9 Å². The SMILES string of the molecule is COc1cc(C2C3=C(CC(C)(C)CC3=O)N(CC(=O)O)C3=C2C(=O)CC(C)(C)C3)cc(I)c1OCc1cccc2ccccc12. The molecular weight excluding hydrogens is 681 g/mol. The van der Waals surface area contributed by atoms with E-state index < -0.39 is 11.9 Å². The van der Waals surface area contributed by atoms with E-state index in [0.717, 1.165) is 36.9 Å². The van der Waals surface area contributed by atoms with Crippen LogP contribution in [-0.4, -0.2) is 41.2 Å². The van der Waals surface area contributed by atoms with Gasteiger partial charge >= 0.3 is 5.97 Å². The van der Waals surface area contributed by atoms with Crippen LogP contribution in [0.25, 0.3) is 10.8 Å². The highest BCUT2D eigenvalue weighted by Gasteiger charge is 2.49. The van der Waals surface area contributed by atoms with Gasteiger partial charge < -0.3 is 19.5 Å². The minimum atomic E-state index is -0.997. The number of carboxylic acids is 1. The number of carbonyl (C=O) groups excluding carboxylic acids is 2. The second kappa shape index (κ2) is 11.6. The van der Waals surface area contributed by atoms with Crippen LogP contribution < -0.4 is 9.47 Å². The molecule has 234 valence electrons. The Morgan fingerprint density at radius 2 is 1.51 bits per heavy atom. The molecule has 0 bridgehead atoms. The summed E-state index contributed by atoms with van der Waals surface area (Å²) in [6, 6.07) is 18.2. The fourth-order valence-corrected chi connectivity index (χ4v) is 8.10. The van der Waals surface area contributed by atoms with Gasteiger partial charge in [-0.15, -0.1) is 0 Å². The maximum Gasteiger partial charge on any atom is 0.323 e. The smallest absolute Gasteiger partial charge is 0.323 e.